The van der Waals surface area contributed by atoms with Crippen molar-refractivity contribution in [3.8, 4) is 0 Å². The maximum atomic E-state index is 4.48. The highest BCUT2D eigenvalue weighted by molar-refractivity contribution is 9.10. The first kappa shape index (κ1) is 14.3. The monoisotopic (exact) mass is 369 g/mol. The largest absolute Gasteiger partial charge is 0.307 e. The molecule has 3 aromatic rings. The van der Waals surface area contributed by atoms with Gasteiger partial charge in [0.15, 0.2) is 0 Å². The number of hydrogen-bond acceptors (Lipinski definition) is 4. The van der Waals surface area contributed by atoms with Crippen molar-refractivity contribution < 1.29 is 0 Å². The number of hydrogen-bond donors (Lipinski definition) is 1. The van der Waals surface area contributed by atoms with Gasteiger partial charge in [0.2, 0.25) is 0 Å². The Balaban J connectivity index is 2.05. The number of nitrogens with one attached hydrogen (secondary N) is 1. The molecule has 20 heavy (non-hydrogen) atoms. The zero-order chi connectivity index (χ0) is 14.1. The highest BCUT2D eigenvalue weighted by Crippen LogP contribution is 2.37. The van der Waals surface area contributed by atoms with Crippen LogP contribution in [-0.2, 0) is 6.54 Å². The maximum Gasteiger partial charge on any atom is 0.0851 e. The summed E-state index contributed by atoms with van der Waals surface area (Å²) < 4.78 is 5.90. The fourth-order valence-corrected chi connectivity index (χ4v) is 5.15. The van der Waals surface area contributed by atoms with E-state index in [0.717, 1.165) is 17.4 Å². The van der Waals surface area contributed by atoms with Gasteiger partial charge in [-0.25, -0.2) is 0 Å². The second-order valence-electron chi connectivity index (χ2n) is 4.62. The minimum absolute atomic E-state index is 0.183. The summed E-state index contributed by atoms with van der Waals surface area (Å²) >= 11 is 7.30. The minimum Gasteiger partial charge on any atom is -0.307 e. The Morgan fingerprint density at radius 2 is 2.30 bits per heavy atom. The van der Waals surface area contributed by atoms with E-state index in [0.29, 0.717) is 0 Å². The maximum absolute atomic E-state index is 4.48. The molecule has 0 aliphatic rings. The number of halogens is 1. The molecule has 0 aliphatic heterocycles. The SMILES string of the molecule is CCCn1ncc(Br)c1C(NC)c1cc2sccc2s1. The zero-order valence-corrected chi connectivity index (χ0v) is 14.6. The number of aromatic nitrogens is 2. The van der Waals surface area contributed by atoms with E-state index in [1.165, 1.54) is 20.0 Å². The van der Waals surface area contributed by atoms with Crippen molar-refractivity contribution in [1.82, 2.24) is 15.1 Å². The van der Waals surface area contributed by atoms with Gasteiger partial charge >= 0.3 is 0 Å². The summed E-state index contributed by atoms with van der Waals surface area (Å²) in [5.41, 5.74) is 1.21. The molecular weight excluding hydrogens is 354 g/mol. The molecule has 0 saturated carbocycles. The van der Waals surface area contributed by atoms with Gasteiger partial charge in [-0.3, -0.25) is 4.68 Å². The van der Waals surface area contributed by atoms with Gasteiger partial charge in [-0.1, -0.05) is 6.92 Å². The molecule has 1 unspecified atom stereocenters. The van der Waals surface area contributed by atoms with E-state index < -0.39 is 0 Å². The summed E-state index contributed by atoms with van der Waals surface area (Å²) in [6, 6.07) is 4.67. The first-order chi connectivity index (χ1) is 9.74. The van der Waals surface area contributed by atoms with E-state index >= 15 is 0 Å². The third-order valence-electron chi connectivity index (χ3n) is 3.27. The average Bonchev–Trinajstić information content (AvgIpc) is 3.09. The average molecular weight is 370 g/mol. The van der Waals surface area contributed by atoms with Gasteiger partial charge in [-0.15, -0.1) is 22.7 Å². The van der Waals surface area contributed by atoms with Crippen LogP contribution in [0.15, 0.2) is 28.2 Å². The lowest BCUT2D eigenvalue weighted by atomic mass is 10.1. The molecule has 6 heteroatoms. The number of nitrogens with zero attached hydrogens (tertiary/aromatic N) is 2. The van der Waals surface area contributed by atoms with Gasteiger partial charge in [0.25, 0.3) is 0 Å². The van der Waals surface area contributed by atoms with Crippen LogP contribution in [0, 0.1) is 0 Å². The van der Waals surface area contributed by atoms with Crippen molar-refractivity contribution in [2.45, 2.75) is 25.9 Å². The highest BCUT2D eigenvalue weighted by atomic mass is 79.9. The fourth-order valence-electron chi connectivity index (χ4n) is 2.39. The summed E-state index contributed by atoms with van der Waals surface area (Å²) in [4.78, 5) is 1.34. The Hall–Kier alpha value is -0.690. The molecule has 0 bridgehead atoms. The van der Waals surface area contributed by atoms with E-state index in [1.807, 2.05) is 24.6 Å². The molecule has 0 amide bonds. The van der Waals surface area contributed by atoms with Crippen molar-refractivity contribution in [1.29, 1.82) is 0 Å². The summed E-state index contributed by atoms with van der Waals surface area (Å²) in [6.07, 6.45) is 2.97. The molecule has 0 aliphatic carbocycles. The van der Waals surface area contributed by atoms with E-state index in [9.17, 15) is 0 Å². The molecule has 1 N–H and O–H groups in total. The molecule has 0 radical (unpaired) electrons. The quantitative estimate of drug-likeness (QED) is 0.709. The highest BCUT2D eigenvalue weighted by Gasteiger charge is 2.22. The molecule has 0 aromatic carbocycles. The molecule has 1 atom stereocenters. The topological polar surface area (TPSA) is 29.9 Å². The molecule has 3 heterocycles. The Labute approximate surface area is 134 Å². The van der Waals surface area contributed by atoms with Crippen LogP contribution in [0.1, 0.15) is 30.0 Å². The lowest BCUT2D eigenvalue weighted by Crippen LogP contribution is -2.21. The van der Waals surface area contributed by atoms with E-state index in [1.54, 1.807) is 11.3 Å². The third-order valence-corrected chi connectivity index (χ3v) is 6.04. The van der Waals surface area contributed by atoms with Crippen molar-refractivity contribution in [3.05, 3.63) is 38.8 Å². The normalized spacial score (nSPS) is 13.2. The predicted molar refractivity (Wildman–Crippen MR) is 90.8 cm³/mol. The van der Waals surface area contributed by atoms with Crippen molar-refractivity contribution >= 4 is 48.0 Å². The van der Waals surface area contributed by atoms with Crippen molar-refractivity contribution in [3.63, 3.8) is 0 Å². The Morgan fingerprint density at radius 3 is 3.00 bits per heavy atom. The van der Waals surface area contributed by atoms with Crippen LogP contribution in [0.3, 0.4) is 0 Å². The summed E-state index contributed by atoms with van der Waals surface area (Å²) in [7, 11) is 2.01. The van der Waals surface area contributed by atoms with Crippen LogP contribution in [0.5, 0.6) is 0 Å². The van der Waals surface area contributed by atoms with Crippen LogP contribution >= 0.6 is 38.6 Å². The predicted octanol–water partition coefficient (Wildman–Crippen LogP) is 4.64. The Morgan fingerprint density at radius 1 is 1.45 bits per heavy atom. The number of thiophene rings is 2. The first-order valence-electron chi connectivity index (χ1n) is 6.60. The lowest BCUT2D eigenvalue weighted by molar-refractivity contribution is 0.536. The van der Waals surface area contributed by atoms with E-state index in [4.69, 9.17) is 0 Å². The minimum atomic E-state index is 0.183. The molecule has 3 nitrogen and oxygen atoms in total. The van der Waals surface area contributed by atoms with Crippen LogP contribution in [-0.4, -0.2) is 16.8 Å². The fraction of sp³-hybridized carbons (Fsp3) is 0.357. The molecule has 0 saturated heterocycles. The molecular formula is C14H16BrN3S2. The third kappa shape index (κ3) is 2.45. The molecule has 3 aromatic heterocycles. The van der Waals surface area contributed by atoms with Gasteiger partial charge in [-0.05, 0) is 46.9 Å². The summed E-state index contributed by atoms with van der Waals surface area (Å²) in [5, 5.41) is 10.1. The van der Waals surface area contributed by atoms with Gasteiger partial charge < -0.3 is 5.32 Å². The van der Waals surface area contributed by atoms with Gasteiger partial charge in [0.1, 0.15) is 0 Å². The van der Waals surface area contributed by atoms with Crippen molar-refractivity contribution in [2.24, 2.45) is 0 Å². The van der Waals surface area contributed by atoms with Gasteiger partial charge in [0.05, 0.1) is 22.4 Å². The Bertz CT molecular complexity index is 684. The van der Waals surface area contributed by atoms with E-state index in [-0.39, 0.29) is 6.04 Å². The smallest absolute Gasteiger partial charge is 0.0851 e. The molecule has 106 valence electrons. The lowest BCUT2D eigenvalue weighted by Gasteiger charge is -2.17. The van der Waals surface area contributed by atoms with Crippen LogP contribution in [0.25, 0.3) is 9.40 Å². The summed E-state index contributed by atoms with van der Waals surface area (Å²) in [6.45, 7) is 3.12. The standard InChI is InChI=1S/C14H16BrN3S2/c1-3-5-18-14(9(15)8-17-18)13(16-2)12-7-11-10(20-12)4-6-19-11/h4,6-8,13,16H,3,5H2,1-2H3. The van der Waals surface area contributed by atoms with Crippen LogP contribution in [0.2, 0.25) is 0 Å². The van der Waals surface area contributed by atoms with E-state index in [2.05, 4.69) is 55.5 Å². The van der Waals surface area contributed by atoms with Crippen molar-refractivity contribution in [2.75, 3.05) is 7.05 Å². The second kappa shape index (κ2) is 5.97. The molecule has 0 spiro atoms. The summed E-state index contributed by atoms with van der Waals surface area (Å²) in [5.74, 6) is 0. The second-order valence-corrected chi connectivity index (χ2v) is 7.54. The molecule has 3 rings (SSSR count). The zero-order valence-electron chi connectivity index (χ0n) is 11.4. The molecule has 0 fully saturated rings. The van der Waals surface area contributed by atoms with Crippen LogP contribution < -0.4 is 5.32 Å². The van der Waals surface area contributed by atoms with Gasteiger partial charge in [0, 0.05) is 20.8 Å². The number of rotatable bonds is 5. The number of aryl methyl sites for hydroxylation is 1. The van der Waals surface area contributed by atoms with Crippen LogP contribution in [0.4, 0.5) is 0 Å². The Kier molecular flexibility index (Phi) is 4.26. The van der Waals surface area contributed by atoms with Gasteiger partial charge in [-0.2, -0.15) is 5.10 Å². The number of fused-ring (bicyclic) bond motifs is 1. The first-order valence-corrected chi connectivity index (χ1v) is 9.09.